The Hall–Kier alpha value is -0.180. The van der Waals surface area contributed by atoms with Crippen LogP contribution in [0.2, 0.25) is 0 Å². The van der Waals surface area contributed by atoms with E-state index in [9.17, 15) is 4.79 Å². The number of hydrogen-bond donors (Lipinski definition) is 1. The second-order valence-corrected chi connectivity index (χ2v) is 5.57. The van der Waals surface area contributed by atoms with Gasteiger partial charge in [-0.25, -0.2) is 0 Å². The molecule has 1 amide bonds. The summed E-state index contributed by atoms with van der Waals surface area (Å²) in [4.78, 5) is 14.0. The van der Waals surface area contributed by atoms with Crippen LogP contribution in [0.1, 0.15) is 58.3 Å². The molecule has 0 aromatic rings. The molecule has 17 heavy (non-hydrogen) atoms. The molecule has 2 nitrogen and oxygen atoms in total. The van der Waals surface area contributed by atoms with Crippen molar-refractivity contribution in [2.24, 2.45) is 5.92 Å². The minimum Gasteiger partial charge on any atom is -0.343 e. The molecular weight excluding hydrogens is 230 g/mol. The van der Waals surface area contributed by atoms with Crippen molar-refractivity contribution in [2.75, 3.05) is 18.8 Å². The molecule has 1 fully saturated rings. The smallest absolute Gasteiger partial charge is 0.222 e. The van der Waals surface area contributed by atoms with E-state index in [1.807, 2.05) is 0 Å². The van der Waals surface area contributed by atoms with Crippen LogP contribution in [0, 0.1) is 5.92 Å². The van der Waals surface area contributed by atoms with Gasteiger partial charge in [-0.15, -0.1) is 0 Å². The number of rotatable bonds is 7. The lowest BCUT2D eigenvalue weighted by atomic mass is 9.98. The highest BCUT2D eigenvalue weighted by molar-refractivity contribution is 7.80. The highest BCUT2D eigenvalue weighted by atomic mass is 32.1. The van der Waals surface area contributed by atoms with Crippen molar-refractivity contribution in [1.29, 1.82) is 0 Å². The van der Waals surface area contributed by atoms with Crippen molar-refractivity contribution < 1.29 is 4.79 Å². The lowest BCUT2D eigenvalue weighted by molar-refractivity contribution is -0.130. The van der Waals surface area contributed by atoms with Crippen molar-refractivity contribution in [3.8, 4) is 0 Å². The molecule has 0 radical (unpaired) electrons. The van der Waals surface area contributed by atoms with Crippen molar-refractivity contribution in [3.05, 3.63) is 0 Å². The molecule has 0 saturated carbocycles. The fourth-order valence-electron chi connectivity index (χ4n) is 2.51. The number of unbranched alkanes of at least 4 members (excludes halogenated alkanes) is 3. The zero-order chi connectivity index (χ0) is 12.5. The van der Waals surface area contributed by atoms with E-state index < -0.39 is 0 Å². The third-order valence-corrected chi connectivity index (χ3v) is 4.16. The molecule has 1 aliphatic heterocycles. The Morgan fingerprint density at radius 1 is 1.24 bits per heavy atom. The predicted octanol–water partition coefficient (Wildman–Crippen LogP) is 3.52. The molecule has 1 saturated heterocycles. The van der Waals surface area contributed by atoms with Crippen molar-refractivity contribution in [3.63, 3.8) is 0 Å². The van der Waals surface area contributed by atoms with Crippen LogP contribution < -0.4 is 0 Å². The van der Waals surface area contributed by atoms with Crippen LogP contribution in [0.3, 0.4) is 0 Å². The zero-order valence-electron chi connectivity index (χ0n) is 11.2. The number of amides is 1. The Bertz CT molecular complexity index is 220. The predicted molar refractivity (Wildman–Crippen MR) is 76.5 cm³/mol. The molecule has 0 aliphatic carbocycles. The summed E-state index contributed by atoms with van der Waals surface area (Å²) in [5, 5.41) is 0. The van der Waals surface area contributed by atoms with Gasteiger partial charge in [-0.3, -0.25) is 4.79 Å². The second kappa shape index (κ2) is 8.84. The van der Waals surface area contributed by atoms with Gasteiger partial charge in [0.05, 0.1) is 0 Å². The molecule has 100 valence electrons. The highest BCUT2D eigenvalue weighted by Gasteiger charge is 2.20. The maximum Gasteiger partial charge on any atom is 0.222 e. The number of nitrogens with zero attached hydrogens (tertiary/aromatic N) is 1. The summed E-state index contributed by atoms with van der Waals surface area (Å²) in [5.41, 5.74) is 0. The summed E-state index contributed by atoms with van der Waals surface area (Å²) in [5.74, 6) is 2.14. The van der Waals surface area contributed by atoms with Crippen LogP contribution in [0.4, 0.5) is 0 Å². The molecular formula is C14H27NOS. The van der Waals surface area contributed by atoms with E-state index in [2.05, 4.69) is 24.5 Å². The SMILES string of the molecule is CCC1CCC(=O)N(CCCCCCS)CC1. The Labute approximate surface area is 112 Å². The highest BCUT2D eigenvalue weighted by Crippen LogP contribution is 2.21. The van der Waals surface area contributed by atoms with Gasteiger partial charge in [0.25, 0.3) is 0 Å². The van der Waals surface area contributed by atoms with Gasteiger partial charge in [0.2, 0.25) is 5.91 Å². The summed E-state index contributed by atoms with van der Waals surface area (Å²) in [6, 6.07) is 0. The molecule has 0 aromatic carbocycles. The minimum atomic E-state index is 0.384. The van der Waals surface area contributed by atoms with E-state index in [0.717, 1.165) is 44.0 Å². The van der Waals surface area contributed by atoms with Crippen LogP contribution in [0.15, 0.2) is 0 Å². The molecule has 1 aliphatic rings. The molecule has 3 heteroatoms. The molecule has 0 N–H and O–H groups in total. The number of carbonyl (C=O) groups excluding carboxylic acids is 1. The molecule has 0 spiro atoms. The van der Waals surface area contributed by atoms with E-state index in [1.54, 1.807) is 0 Å². The van der Waals surface area contributed by atoms with Gasteiger partial charge in [-0.2, -0.15) is 12.6 Å². The van der Waals surface area contributed by atoms with E-state index in [-0.39, 0.29) is 0 Å². The maximum absolute atomic E-state index is 11.9. The topological polar surface area (TPSA) is 20.3 Å². The summed E-state index contributed by atoms with van der Waals surface area (Å²) in [6.07, 6.45) is 9.17. The molecule has 1 rings (SSSR count). The third-order valence-electron chi connectivity index (χ3n) is 3.84. The van der Waals surface area contributed by atoms with Crippen LogP contribution in [0.25, 0.3) is 0 Å². The standard InChI is InChI=1S/C14H27NOS/c1-2-13-7-8-14(16)15(11-9-13)10-5-3-4-6-12-17/h13,17H,2-12H2,1H3. The van der Waals surface area contributed by atoms with E-state index in [1.165, 1.54) is 32.1 Å². The first-order valence-electron chi connectivity index (χ1n) is 7.16. The molecule has 1 heterocycles. The average molecular weight is 257 g/mol. The number of thiol groups is 1. The lowest BCUT2D eigenvalue weighted by Gasteiger charge is -2.20. The molecule has 1 unspecified atom stereocenters. The van der Waals surface area contributed by atoms with Crippen molar-refractivity contribution in [1.82, 2.24) is 4.90 Å². The third kappa shape index (κ3) is 5.80. The van der Waals surface area contributed by atoms with Gasteiger partial charge in [-0.1, -0.05) is 26.2 Å². The number of likely N-dealkylation sites (tertiary alicyclic amines) is 1. The molecule has 0 bridgehead atoms. The quantitative estimate of drug-likeness (QED) is 0.546. The maximum atomic E-state index is 11.9. The van der Waals surface area contributed by atoms with Crippen molar-refractivity contribution in [2.45, 2.75) is 58.3 Å². The lowest BCUT2D eigenvalue weighted by Crippen LogP contribution is -2.31. The van der Waals surface area contributed by atoms with Gasteiger partial charge in [0.1, 0.15) is 0 Å². The first-order chi connectivity index (χ1) is 8.27. The van der Waals surface area contributed by atoms with Gasteiger partial charge < -0.3 is 4.90 Å². The second-order valence-electron chi connectivity index (χ2n) is 5.12. The minimum absolute atomic E-state index is 0.384. The van der Waals surface area contributed by atoms with Gasteiger partial charge >= 0.3 is 0 Å². The molecule has 1 atom stereocenters. The number of hydrogen-bond acceptors (Lipinski definition) is 2. The van der Waals surface area contributed by atoms with E-state index in [4.69, 9.17) is 0 Å². The van der Waals surface area contributed by atoms with Crippen molar-refractivity contribution >= 4 is 18.5 Å². The van der Waals surface area contributed by atoms with Crippen LogP contribution in [-0.2, 0) is 4.79 Å². The van der Waals surface area contributed by atoms with E-state index >= 15 is 0 Å². The van der Waals surface area contributed by atoms with E-state index in [0.29, 0.717) is 5.91 Å². The Kier molecular flexibility index (Phi) is 7.74. The van der Waals surface area contributed by atoms with Gasteiger partial charge in [0, 0.05) is 19.5 Å². The van der Waals surface area contributed by atoms with Crippen LogP contribution in [-0.4, -0.2) is 29.6 Å². The summed E-state index contributed by atoms with van der Waals surface area (Å²) in [6.45, 7) is 4.20. The zero-order valence-corrected chi connectivity index (χ0v) is 12.1. The average Bonchev–Trinajstić information content (AvgIpc) is 2.52. The monoisotopic (exact) mass is 257 g/mol. The van der Waals surface area contributed by atoms with Crippen LogP contribution in [0.5, 0.6) is 0 Å². The summed E-state index contributed by atoms with van der Waals surface area (Å²) >= 11 is 4.21. The largest absolute Gasteiger partial charge is 0.343 e. The first kappa shape index (κ1) is 14.9. The van der Waals surface area contributed by atoms with Gasteiger partial charge in [-0.05, 0) is 37.4 Å². The Balaban J connectivity index is 2.20. The summed E-state index contributed by atoms with van der Waals surface area (Å²) < 4.78 is 0. The van der Waals surface area contributed by atoms with Gasteiger partial charge in [0.15, 0.2) is 0 Å². The fraction of sp³-hybridized carbons (Fsp3) is 0.929. The first-order valence-corrected chi connectivity index (χ1v) is 7.79. The normalized spacial score (nSPS) is 21.6. The molecule has 0 aromatic heterocycles. The Morgan fingerprint density at radius 2 is 2.00 bits per heavy atom. The Morgan fingerprint density at radius 3 is 2.71 bits per heavy atom. The summed E-state index contributed by atoms with van der Waals surface area (Å²) in [7, 11) is 0. The van der Waals surface area contributed by atoms with Crippen LogP contribution >= 0.6 is 12.6 Å². The number of carbonyl (C=O) groups is 1. The fourth-order valence-corrected chi connectivity index (χ4v) is 2.73.